The van der Waals surface area contributed by atoms with Gasteiger partial charge in [-0.3, -0.25) is 4.98 Å². The molecule has 20 heavy (non-hydrogen) atoms. The summed E-state index contributed by atoms with van der Waals surface area (Å²) in [7, 11) is 1.40. The molecule has 0 fully saturated rings. The topological polar surface area (TPSA) is 39.2 Å². The molecule has 1 aromatic carbocycles. The zero-order valence-corrected chi connectivity index (χ0v) is 12.8. The Kier molecular flexibility index (Phi) is 4.61. The molecule has 0 spiro atoms. The lowest BCUT2D eigenvalue weighted by atomic mass is 9.99. The molecule has 3 nitrogen and oxygen atoms in total. The van der Waals surface area contributed by atoms with Crippen LogP contribution in [0.3, 0.4) is 0 Å². The summed E-state index contributed by atoms with van der Waals surface area (Å²) in [6.07, 6.45) is 2.83. The number of carbonyl (C=O) groups excluding carboxylic acids is 1. The number of esters is 1. The first-order valence-corrected chi connectivity index (χ1v) is 7.13. The van der Waals surface area contributed by atoms with Gasteiger partial charge in [0.25, 0.3) is 0 Å². The molecule has 2 rings (SSSR count). The summed E-state index contributed by atoms with van der Waals surface area (Å²) in [5, 5.41) is 1.54. The van der Waals surface area contributed by atoms with Crippen molar-refractivity contribution in [2.45, 2.75) is 33.1 Å². The number of nitrogens with zero attached hydrogens (tertiary/aromatic N) is 1. The van der Waals surface area contributed by atoms with Gasteiger partial charge in [0.05, 0.1) is 23.9 Å². The van der Waals surface area contributed by atoms with E-state index in [9.17, 15) is 4.79 Å². The number of aromatic nitrogens is 1. The summed E-state index contributed by atoms with van der Waals surface area (Å²) >= 11 is 6.04. The van der Waals surface area contributed by atoms with Crippen molar-refractivity contribution in [2.75, 3.05) is 7.11 Å². The van der Waals surface area contributed by atoms with E-state index in [1.54, 1.807) is 0 Å². The summed E-state index contributed by atoms with van der Waals surface area (Å²) in [6, 6.07) is 5.55. The number of halogens is 1. The normalized spacial score (nSPS) is 10.8. The first-order chi connectivity index (χ1) is 9.58. The molecule has 0 aliphatic rings. The van der Waals surface area contributed by atoms with Crippen molar-refractivity contribution in [1.29, 1.82) is 0 Å². The maximum atomic E-state index is 12.1. The Labute approximate surface area is 123 Å². The van der Waals surface area contributed by atoms with Gasteiger partial charge in [0.1, 0.15) is 0 Å². The number of hydrogen-bond acceptors (Lipinski definition) is 3. The van der Waals surface area contributed by atoms with Crippen LogP contribution in [0.4, 0.5) is 0 Å². The Morgan fingerprint density at radius 3 is 2.80 bits per heavy atom. The zero-order chi connectivity index (χ0) is 14.7. The number of unbranched alkanes of at least 4 members (excludes halogenated alkanes) is 1. The van der Waals surface area contributed by atoms with Crippen LogP contribution in [0.2, 0.25) is 5.02 Å². The van der Waals surface area contributed by atoms with Crippen LogP contribution in [0.1, 0.15) is 41.4 Å². The van der Waals surface area contributed by atoms with Crippen molar-refractivity contribution in [3.63, 3.8) is 0 Å². The minimum absolute atomic E-state index is 0.331. The summed E-state index contributed by atoms with van der Waals surface area (Å²) in [5.74, 6) is -0.331. The Balaban J connectivity index is 2.69. The molecular formula is C16H18ClNO2. The second kappa shape index (κ2) is 6.23. The van der Waals surface area contributed by atoms with E-state index in [1.165, 1.54) is 7.11 Å². The van der Waals surface area contributed by atoms with Gasteiger partial charge in [0, 0.05) is 10.4 Å². The van der Waals surface area contributed by atoms with Gasteiger partial charge in [-0.25, -0.2) is 4.79 Å². The highest BCUT2D eigenvalue weighted by Crippen LogP contribution is 2.27. The van der Waals surface area contributed by atoms with E-state index in [4.69, 9.17) is 16.3 Å². The van der Waals surface area contributed by atoms with Crippen molar-refractivity contribution in [2.24, 2.45) is 0 Å². The fraction of sp³-hybridized carbons (Fsp3) is 0.375. The SMILES string of the molecule is CCCCc1nc2ccc(Cl)cc2c(C)c1C(=O)OC. The van der Waals surface area contributed by atoms with Crippen molar-refractivity contribution in [1.82, 2.24) is 4.98 Å². The quantitative estimate of drug-likeness (QED) is 0.787. The van der Waals surface area contributed by atoms with Crippen molar-refractivity contribution in [3.8, 4) is 0 Å². The molecule has 0 unspecified atom stereocenters. The minimum Gasteiger partial charge on any atom is -0.465 e. The maximum absolute atomic E-state index is 12.1. The summed E-state index contributed by atoms with van der Waals surface area (Å²) in [6.45, 7) is 4.04. The molecule has 1 aromatic heterocycles. The van der Waals surface area contributed by atoms with Gasteiger partial charge in [-0.15, -0.1) is 0 Å². The van der Waals surface area contributed by atoms with Crippen LogP contribution in [0, 0.1) is 6.92 Å². The molecule has 0 radical (unpaired) electrons. The maximum Gasteiger partial charge on any atom is 0.340 e. The van der Waals surface area contributed by atoms with Crippen LogP contribution in [0.5, 0.6) is 0 Å². The molecule has 106 valence electrons. The fourth-order valence-corrected chi connectivity index (χ4v) is 2.53. The summed E-state index contributed by atoms with van der Waals surface area (Å²) < 4.78 is 4.90. The fourth-order valence-electron chi connectivity index (χ4n) is 2.36. The van der Waals surface area contributed by atoms with Gasteiger partial charge in [0.15, 0.2) is 0 Å². The molecule has 0 saturated carbocycles. The number of methoxy groups -OCH3 is 1. The molecule has 0 saturated heterocycles. The number of ether oxygens (including phenoxy) is 1. The summed E-state index contributed by atoms with van der Waals surface area (Å²) in [4.78, 5) is 16.7. The number of carbonyl (C=O) groups is 1. The lowest BCUT2D eigenvalue weighted by Gasteiger charge is -2.13. The molecule has 2 aromatic rings. The molecule has 1 heterocycles. The minimum atomic E-state index is -0.331. The standard InChI is InChI=1S/C16H18ClNO2/c1-4-5-6-14-15(16(19)20-3)10(2)12-9-11(17)7-8-13(12)18-14/h7-9H,4-6H2,1-3H3. The van der Waals surface area contributed by atoms with Crippen LogP contribution in [-0.4, -0.2) is 18.1 Å². The van der Waals surface area contributed by atoms with Crippen molar-refractivity contribution < 1.29 is 9.53 Å². The van der Waals surface area contributed by atoms with Gasteiger partial charge >= 0.3 is 5.97 Å². The van der Waals surface area contributed by atoms with E-state index in [1.807, 2.05) is 25.1 Å². The van der Waals surface area contributed by atoms with Crippen LogP contribution in [-0.2, 0) is 11.2 Å². The van der Waals surface area contributed by atoms with E-state index in [2.05, 4.69) is 11.9 Å². The Hall–Kier alpha value is -1.61. The number of rotatable bonds is 4. The first-order valence-electron chi connectivity index (χ1n) is 6.75. The Bertz CT molecular complexity index is 652. The van der Waals surface area contributed by atoms with Crippen LogP contribution in [0.25, 0.3) is 10.9 Å². The van der Waals surface area contributed by atoms with Crippen LogP contribution >= 0.6 is 11.6 Å². The number of pyridine rings is 1. The van der Waals surface area contributed by atoms with E-state index in [0.29, 0.717) is 10.6 Å². The van der Waals surface area contributed by atoms with Crippen molar-refractivity contribution >= 4 is 28.5 Å². The average molecular weight is 292 g/mol. The summed E-state index contributed by atoms with van der Waals surface area (Å²) in [5.41, 5.74) is 3.14. The number of aryl methyl sites for hydroxylation is 2. The lowest BCUT2D eigenvalue weighted by molar-refractivity contribution is 0.0598. The lowest BCUT2D eigenvalue weighted by Crippen LogP contribution is -2.11. The van der Waals surface area contributed by atoms with E-state index in [0.717, 1.165) is 41.4 Å². The van der Waals surface area contributed by atoms with Crippen LogP contribution < -0.4 is 0 Å². The Morgan fingerprint density at radius 2 is 2.15 bits per heavy atom. The highest BCUT2D eigenvalue weighted by Gasteiger charge is 2.19. The molecule has 4 heteroatoms. The Morgan fingerprint density at radius 1 is 1.40 bits per heavy atom. The molecule has 0 bridgehead atoms. The molecular weight excluding hydrogens is 274 g/mol. The monoisotopic (exact) mass is 291 g/mol. The van der Waals surface area contributed by atoms with E-state index in [-0.39, 0.29) is 5.97 Å². The highest BCUT2D eigenvalue weighted by atomic mass is 35.5. The molecule has 0 N–H and O–H groups in total. The first kappa shape index (κ1) is 14.8. The van der Waals surface area contributed by atoms with Gasteiger partial charge in [-0.2, -0.15) is 0 Å². The van der Waals surface area contributed by atoms with E-state index >= 15 is 0 Å². The number of benzene rings is 1. The molecule has 0 amide bonds. The van der Waals surface area contributed by atoms with Gasteiger partial charge in [-0.1, -0.05) is 24.9 Å². The third kappa shape index (κ3) is 2.78. The molecule has 0 aliphatic carbocycles. The predicted octanol–water partition coefficient (Wildman–Crippen LogP) is 4.33. The number of hydrogen-bond donors (Lipinski definition) is 0. The van der Waals surface area contributed by atoms with Gasteiger partial charge in [-0.05, 0) is 43.5 Å². The molecule has 0 atom stereocenters. The van der Waals surface area contributed by atoms with E-state index < -0.39 is 0 Å². The smallest absolute Gasteiger partial charge is 0.340 e. The largest absolute Gasteiger partial charge is 0.465 e. The van der Waals surface area contributed by atoms with Crippen molar-refractivity contribution in [3.05, 3.63) is 40.0 Å². The van der Waals surface area contributed by atoms with Crippen LogP contribution in [0.15, 0.2) is 18.2 Å². The second-order valence-electron chi connectivity index (χ2n) is 4.82. The highest BCUT2D eigenvalue weighted by molar-refractivity contribution is 6.31. The van der Waals surface area contributed by atoms with Gasteiger partial charge < -0.3 is 4.74 Å². The zero-order valence-electron chi connectivity index (χ0n) is 12.0. The predicted molar refractivity (Wildman–Crippen MR) is 81.4 cm³/mol. The third-order valence-electron chi connectivity index (χ3n) is 3.44. The average Bonchev–Trinajstić information content (AvgIpc) is 2.45. The van der Waals surface area contributed by atoms with Gasteiger partial charge in [0.2, 0.25) is 0 Å². The second-order valence-corrected chi connectivity index (χ2v) is 5.25. The molecule has 0 aliphatic heterocycles. The third-order valence-corrected chi connectivity index (χ3v) is 3.67. The number of fused-ring (bicyclic) bond motifs is 1.